The first-order valence-electron chi connectivity index (χ1n) is 7.08. The van der Waals surface area contributed by atoms with Crippen LogP contribution in [0.1, 0.15) is 39.5 Å². The monoisotopic (exact) mass is 307 g/mol. The highest BCUT2D eigenvalue weighted by molar-refractivity contribution is 6.28. The smallest absolute Gasteiger partial charge is 0.322 e. The van der Waals surface area contributed by atoms with Crippen molar-refractivity contribution < 1.29 is 4.74 Å². The molecule has 0 aliphatic heterocycles. The van der Waals surface area contributed by atoms with Crippen LogP contribution in [0.15, 0.2) is 18.7 Å². The highest BCUT2D eigenvalue weighted by Crippen LogP contribution is 2.36. The molecular weight excluding hydrogens is 290 g/mol. The Balaban J connectivity index is 1.74. The Kier molecular flexibility index (Phi) is 3.80. The molecule has 0 amide bonds. The maximum Gasteiger partial charge on any atom is 0.322 e. The van der Waals surface area contributed by atoms with Crippen molar-refractivity contribution in [2.24, 2.45) is 5.41 Å². The predicted octanol–water partition coefficient (Wildman–Crippen LogP) is 3.06. The maximum absolute atomic E-state index is 5.95. The average Bonchev–Trinajstić information content (AvgIpc) is 2.95. The summed E-state index contributed by atoms with van der Waals surface area (Å²) in [5.41, 5.74) is 0.401. The molecule has 1 aliphatic carbocycles. The Hall–Kier alpha value is -1.69. The van der Waals surface area contributed by atoms with Crippen LogP contribution in [0.2, 0.25) is 5.28 Å². The molecule has 2 heterocycles. The highest BCUT2D eigenvalue weighted by Gasteiger charge is 2.28. The lowest BCUT2D eigenvalue weighted by Crippen LogP contribution is -2.29. The fraction of sp³-hybridized carbons (Fsp3) is 0.571. The molecule has 1 fully saturated rings. The van der Waals surface area contributed by atoms with Gasteiger partial charge in [0.15, 0.2) is 0 Å². The van der Waals surface area contributed by atoms with Gasteiger partial charge < -0.3 is 4.74 Å². The third-order valence-corrected chi connectivity index (χ3v) is 4.04. The van der Waals surface area contributed by atoms with E-state index in [-0.39, 0.29) is 17.4 Å². The first kappa shape index (κ1) is 14.3. The van der Waals surface area contributed by atoms with E-state index < -0.39 is 0 Å². The molecule has 6 nitrogen and oxygen atoms in total. The van der Waals surface area contributed by atoms with Gasteiger partial charge in [-0.1, -0.05) is 13.8 Å². The quantitative estimate of drug-likeness (QED) is 0.872. The third-order valence-electron chi connectivity index (χ3n) is 3.87. The molecule has 1 saturated carbocycles. The molecule has 0 saturated heterocycles. The topological polar surface area (TPSA) is 65.7 Å². The Labute approximate surface area is 128 Å². The van der Waals surface area contributed by atoms with E-state index in [9.17, 15) is 0 Å². The molecule has 0 spiro atoms. The Bertz CT molecular complexity index is 604. The molecule has 112 valence electrons. The number of nitrogens with zero attached hydrogens (tertiary/aromatic N) is 5. The van der Waals surface area contributed by atoms with Crippen LogP contribution >= 0.6 is 11.6 Å². The van der Waals surface area contributed by atoms with Gasteiger partial charge in [-0.25, -0.2) is 4.98 Å². The number of ether oxygens (including phenoxy) is 1. The van der Waals surface area contributed by atoms with E-state index in [0.717, 1.165) is 25.7 Å². The van der Waals surface area contributed by atoms with Crippen molar-refractivity contribution in [1.29, 1.82) is 0 Å². The third kappa shape index (κ3) is 3.50. The van der Waals surface area contributed by atoms with Crippen LogP contribution in [0.5, 0.6) is 6.01 Å². The van der Waals surface area contributed by atoms with Crippen LogP contribution < -0.4 is 4.74 Å². The van der Waals surface area contributed by atoms with Crippen molar-refractivity contribution >= 4 is 11.6 Å². The van der Waals surface area contributed by atoms with E-state index in [1.807, 2.05) is 0 Å². The summed E-state index contributed by atoms with van der Waals surface area (Å²) >= 11 is 5.95. The van der Waals surface area contributed by atoms with Crippen LogP contribution in [0.25, 0.3) is 5.95 Å². The van der Waals surface area contributed by atoms with Gasteiger partial charge in [-0.05, 0) is 42.7 Å². The maximum atomic E-state index is 5.95. The zero-order chi connectivity index (χ0) is 14.9. The largest absolute Gasteiger partial charge is 0.460 e. The predicted molar refractivity (Wildman–Crippen MR) is 78.6 cm³/mol. The second-order valence-electron chi connectivity index (χ2n) is 6.14. The Morgan fingerprint density at radius 3 is 2.67 bits per heavy atom. The molecule has 3 rings (SSSR count). The summed E-state index contributed by atoms with van der Waals surface area (Å²) in [6.45, 7) is 4.58. The zero-order valence-corrected chi connectivity index (χ0v) is 12.9. The molecule has 0 bridgehead atoms. The molecule has 7 heteroatoms. The molecule has 0 atom stereocenters. The van der Waals surface area contributed by atoms with Crippen molar-refractivity contribution in [2.75, 3.05) is 0 Å². The first-order valence-corrected chi connectivity index (χ1v) is 7.46. The molecule has 0 aromatic carbocycles. The van der Waals surface area contributed by atoms with Crippen molar-refractivity contribution in [3.05, 3.63) is 24.0 Å². The fourth-order valence-electron chi connectivity index (χ4n) is 2.51. The summed E-state index contributed by atoms with van der Waals surface area (Å²) in [5.74, 6) is 0.415. The molecule has 0 unspecified atom stereocenters. The first-order chi connectivity index (χ1) is 10.0. The molecule has 2 aromatic heterocycles. The Morgan fingerprint density at radius 2 is 2.00 bits per heavy atom. The zero-order valence-electron chi connectivity index (χ0n) is 12.2. The summed E-state index contributed by atoms with van der Waals surface area (Å²) in [6, 6.07) is 0.281. The summed E-state index contributed by atoms with van der Waals surface area (Å²) in [7, 11) is 0. The lowest BCUT2D eigenvalue weighted by atomic mass is 9.76. The van der Waals surface area contributed by atoms with Crippen molar-refractivity contribution in [2.45, 2.75) is 45.6 Å². The van der Waals surface area contributed by atoms with E-state index >= 15 is 0 Å². The minimum absolute atomic E-state index is 0.125. The number of hydrogen-bond donors (Lipinski definition) is 0. The standard InChI is InChI=1S/C14H18ClN5O/c1-14(2)5-3-10(4-6-14)21-13-18-11(15)17-12(19-13)20-8-7-16-9-20/h7-10H,3-6H2,1-2H3. The van der Waals surface area contributed by atoms with Gasteiger partial charge >= 0.3 is 6.01 Å². The number of aromatic nitrogens is 5. The summed E-state index contributed by atoms with van der Waals surface area (Å²) < 4.78 is 7.56. The van der Waals surface area contributed by atoms with Crippen molar-refractivity contribution in [3.63, 3.8) is 0 Å². The van der Waals surface area contributed by atoms with Gasteiger partial charge in [-0.2, -0.15) is 15.0 Å². The molecule has 1 aliphatic rings. The fourth-order valence-corrected chi connectivity index (χ4v) is 2.66. The van der Waals surface area contributed by atoms with Crippen LogP contribution in [-0.2, 0) is 0 Å². The van der Waals surface area contributed by atoms with E-state index in [2.05, 4.69) is 33.8 Å². The minimum atomic E-state index is 0.125. The molecule has 0 N–H and O–H groups in total. The van der Waals surface area contributed by atoms with Crippen LogP contribution in [0.4, 0.5) is 0 Å². The van der Waals surface area contributed by atoms with Crippen LogP contribution in [0, 0.1) is 5.41 Å². The van der Waals surface area contributed by atoms with Gasteiger partial charge in [-0.3, -0.25) is 4.57 Å². The average molecular weight is 308 g/mol. The normalized spacial score (nSPS) is 18.6. The van der Waals surface area contributed by atoms with Crippen molar-refractivity contribution in [3.8, 4) is 12.0 Å². The SMILES string of the molecule is CC1(C)CCC(Oc2nc(Cl)nc(-n3ccnc3)n2)CC1. The second kappa shape index (κ2) is 5.60. The molecule has 21 heavy (non-hydrogen) atoms. The van der Waals surface area contributed by atoms with Crippen molar-refractivity contribution in [1.82, 2.24) is 24.5 Å². The van der Waals surface area contributed by atoms with E-state index in [0.29, 0.717) is 11.4 Å². The van der Waals surface area contributed by atoms with E-state index in [4.69, 9.17) is 16.3 Å². The number of imidazole rings is 1. The van der Waals surface area contributed by atoms with Gasteiger partial charge in [0.05, 0.1) is 0 Å². The van der Waals surface area contributed by atoms with Gasteiger partial charge in [0, 0.05) is 12.4 Å². The van der Waals surface area contributed by atoms with Gasteiger partial charge in [-0.15, -0.1) is 0 Å². The lowest BCUT2D eigenvalue weighted by Gasteiger charge is -2.33. The highest BCUT2D eigenvalue weighted by atomic mass is 35.5. The second-order valence-corrected chi connectivity index (χ2v) is 6.48. The van der Waals surface area contributed by atoms with E-state index in [1.165, 1.54) is 0 Å². The van der Waals surface area contributed by atoms with Crippen LogP contribution in [-0.4, -0.2) is 30.6 Å². The number of hydrogen-bond acceptors (Lipinski definition) is 5. The van der Waals surface area contributed by atoms with Crippen LogP contribution in [0.3, 0.4) is 0 Å². The Morgan fingerprint density at radius 1 is 1.24 bits per heavy atom. The van der Waals surface area contributed by atoms with E-state index in [1.54, 1.807) is 23.3 Å². The number of halogens is 1. The molecular formula is C14H18ClN5O. The number of rotatable bonds is 3. The summed E-state index contributed by atoms with van der Waals surface area (Å²) in [6.07, 6.45) is 9.47. The molecule has 2 aromatic rings. The summed E-state index contributed by atoms with van der Waals surface area (Å²) in [4.78, 5) is 16.4. The summed E-state index contributed by atoms with van der Waals surface area (Å²) in [5, 5.41) is 0.125. The lowest BCUT2D eigenvalue weighted by molar-refractivity contribution is 0.0904. The molecule has 0 radical (unpaired) electrons. The van der Waals surface area contributed by atoms with Gasteiger partial charge in [0.25, 0.3) is 0 Å². The van der Waals surface area contributed by atoms with Gasteiger partial charge in [0.1, 0.15) is 12.4 Å². The van der Waals surface area contributed by atoms with Gasteiger partial charge in [0.2, 0.25) is 11.2 Å². The minimum Gasteiger partial charge on any atom is -0.460 e.